The highest BCUT2D eigenvalue weighted by atomic mass is 16.4. The van der Waals surface area contributed by atoms with Crippen LogP contribution in [0.15, 0.2) is 34.0 Å². The lowest BCUT2D eigenvalue weighted by molar-refractivity contribution is -0.137. The Hall–Kier alpha value is -2.63. The molecule has 1 N–H and O–H groups in total. The van der Waals surface area contributed by atoms with Crippen LogP contribution in [0.4, 0.5) is 0 Å². The Bertz CT molecular complexity index is 846. The third-order valence-electron chi connectivity index (χ3n) is 3.75. The van der Waals surface area contributed by atoms with E-state index in [2.05, 4.69) is 0 Å². The van der Waals surface area contributed by atoms with Gasteiger partial charge >= 0.3 is 11.7 Å². The number of hydrogen-bond donors (Lipinski definition) is 1. The number of nitrogens with zero attached hydrogens (tertiary/aromatic N) is 2. The van der Waals surface area contributed by atoms with Gasteiger partial charge in [0, 0.05) is 12.7 Å². The number of hydrogen-bond acceptors (Lipinski definition) is 3. The first-order valence-corrected chi connectivity index (χ1v) is 6.99. The van der Waals surface area contributed by atoms with Crippen molar-refractivity contribution in [3.63, 3.8) is 0 Å². The van der Waals surface area contributed by atoms with E-state index in [1.54, 1.807) is 13.0 Å². The third-order valence-corrected chi connectivity index (χ3v) is 3.75. The summed E-state index contributed by atoms with van der Waals surface area (Å²) in [6.45, 7) is 5.23. The van der Waals surface area contributed by atoms with Crippen LogP contribution in [-0.2, 0) is 17.9 Å². The van der Waals surface area contributed by atoms with E-state index in [0.717, 1.165) is 20.3 Å². The van der Waals surface area contributed by atoms with Crippen LogP contribution < -0.4 is 11.2 Å². The Balaban J connectivity index is 2.81. The van der Waals surface area contributed by atoms with Crippen molar-refractivity contribution in [3.8, 4) is 11.1 Å². The normalized spacial score (nSPS) is 10.7. The van der Waals surface area contributed by atoms with Gasteiger partial charge in [0.25, 0.3) is 5.56 Å². The van der Waals surface area contributed by atoms with Crippen LogP contribution in [0.25, 0.3) is 11.1 Å². The van der Waals surface area contributed by atoms with E-state index < -0.39 is 23.8 Å². The summed E-state index contributed by atoms with van der Waals surface area (Å²) in [4.78, 5) is 35.6. The molecule has 1 aromatic heterocycles. The van der Waals surface area contributed by atoms with Crippen LogP contribution in [0, 0.1) is 13.8 Å². The standard InChI is InChI=1S/C16H18N2O4/c1-4-18-15(21)13(8-17(16(18)22)9-14(19)20)12-7-5-6-10(2)11(12)3/h5-8H,4,9H2,1-3H3,(H,19,20). The molecule has 0 aliphatic heterocycles. The lowest BCUT2D eigenvalue weighted by Gasteiger charge is -2.13. The molecule has 0 fully saturated rings. The summed E-state index contributed by atoms with van der Waals surface area (Å²) in [6.07, 6.45) is 1.34. The second-order valence-electron chi connectivity index (χ2n) is 5.14. The van der Waals surface area contributed by atoms with Gasteiger partial charge in [-0.1, -0.05) is 18.2 Å². The molecule has 0 aliphatic carbocycles. The average Bonchev–Trinajstić information content (AvgIpc) is 2.45. The maximum absolute atomic E-state index is 12.5. The second-order valence-corrected chi connectivity index (χ2v) is 5.14. The van der Waals surface area contributed by atoms with Crippen molar-refractivity contribution < 1.29 is 9.90 Å². The van der Waals surface area contributed by atoms with Gasteiger partial charge in [-0.05, 0) is 37.5 Å². The van der Waals surface area contributed by atoms with Crippen LogP contribution >= 0.6 is 0 Å². The number of aromatic nitrogens is 2. The average molecular weight is 302 g/mol. The molecule has 0 atom stereocenters. The molecule has 0 aliphatic rings. The lowest BCUT2D eigenvalue weighted by Crippen LogP contribution is -2.41. The molecule has 0 bridgehead atoms. The zero-order valence-electron chi connectivity index (χ0n) is 12.8. The number of rotatable bonds is 4. The van der Waals surface area contributed by atoms with Crippen LogP contribution in [0.5, 0.6) is 0 Å². The first kappa shape index (κ1) is 15.8. The molecule has 0 unspecified atom stereocenters. The van der Waals surface area contributed by atoms with Crippen LogP contribution in [-0.4, -0.2) is 20.2 Å². The van der Waals surface area contributed by atoms with E-state index in [1.807, 2.05) is 26.0 Å². The van der Waals surface area contributed by atoms with E-state index in [-0.39, 0.29) is 6.54 Å². The Kier molecular flexibility index (Phi) is 4.30. The summed E-state index contributed by atoms with van der Waals surface area (Å²) in [5.74, 6) is -1.13. The highest BCUT2D eigenvalue weighted by Gasteiger charge is 2.15. The van der Waals surface area contributed by atoms with Gasteiger partial charge in [-0.25, -0.2) is 4.79 Å². The van der Waals surface area contributed by atoms with Crippen molar-refractivity contribution in [2.75, 3.05) is 0 Å². The molecule has 0 radical (unpaired) electrons. The molecule has 1 aromatic carbocycles. The quantitative estimate of drug-likeness (QED) is 0.925. The smallest absolute Gasteiger partial charge is 0.331 e. The molecule has 2 rings (SSSR count). The lowest BCUT2D eigenvalue weighted by atomic mass is 9.99. The van der Waals surface area contributed by atoms with Gasteiger partial charge in [0.1, 0.15) is 6.54 Å². The van der Waals surface area contributed by atoms with Gasteiger partial charge in [-0.2, -0.15) is 0 Å². The molecule has 22 heavy (non-hydrogen) atoms. The minimum absolute atomic E-state index is 0.190. The van der Waals surface area contributed by atoms with Crippen molar-refractivity contribution >= 4 is 5.97 Å². The molecular formula is C16H18N2O4. The first-order chi connectivity index (χ1) is 10.4. The van der Waals surface area contributed by atoms with Crippen molar-refractivity contribution in [2.24, 2.45) is 0 Å². The van der Waals surface area contributed by atoms with Crippen LogP contribution in [0.3, 0.4) is 0 Å². The zero-order valence-corrected chi connectivity index (χ0v) is 12.8. The maximum Gasteiger partial charge on any atom is 0.331 e. The van der Waals surface area contributed by atoms with E-state index in [0.29, 0.717) is 11.1 Å². The number of carbonyl (C=O) groups is 1. The Labute approximate surface area is 127 Å². The summed E-state index contributed by atoms with van der Waals surface area (Å²) in [7, 11) is 0. The van der Waals surface area contributed by atoms with Gasteiger partial charge in [0.05, 0.1) is 5.56 Å². The summed E-state index contributed by atoms with van der Waals surface area (Å²) in [5.41, 5.74) is 2.00. The largest absolute Gasteiger partial charge is 0.480 e. The highest BCUT2D eigenvalue weighted by molar-refractivity contribution is 5.69. The molecule has 6 heteroatoms. The topological polar surface area (TPSA) is 81.3 Å². The molecule has 0 saturated heterocycles. The maximum atomic E-state index is 12.5. The Morgan fingerprint density at radius 2 is 1.86 bits per heavy atom. The molecule has 0 saturated carbocycles. The Morgan fingerprint density at radius 3 is 2.45 bits per heavy atom. The van der Waals surface area contributed by atoms with Crippen LogP contribution in [0.2, 0.25) is 0 Å². The third kappa shape index (κ3) is 2.72. The minimum atomic E-state index is -1.13. The van der Waals surface area contributed by atoms with E-state index in [4.69, 9.17) is 5.11 Å². The van der Waals surface area contributed by atoms with E-state index in [9.17, 15) is 14.4 Å². The van der Waals surface area contributed by atoms with Gasteiger partial charge in [0.2, 0.25) is 0 Å². The predicted octanol–water partition coefficient (Wildman–Crippen LogP) is 1.40. The summed E-state index contributed by atoms with van der Waals surface area (Å²) in [5, 5.41) is 8.94. The monoisotopic (exact) mass is 302 g/mol. The van der Waals surface area contributed by atoms with Crippen molar-refractivity contribution in [1.29, 1.82) is 0 Å². The molecule has 0 amide bonds. The molecular weight excluding hydrogens is 284 g/mol. The van der Waals surface area contributed by atoms with E-state index in [1.165, 1.54) is 6.20 Å². The Morgan fingerprint density at radius 1 is 1.18 bits per heavy atom. The molecule has 2 aromatic rings. The van der Waals surface area contributed by atoms with Gasteiger partial charge in [-0.15, -0.1) is 0 Å². The minimum Gasteiger partial charge on any atom is -0.480 e. The van der Waals surface area contributed by atoms with Gasteiger partial charge in [-0.3, -0.25) is 18.7 Å². The summed E-state index contributed by atoms with van der Waals surface area (Å²) < 4.78 is 2.12. The fourth-order valence-electron chi connectivity index (χ4n) is 2.42. The fourth-order valence-corrected chi connectivity index (χ4v) is 2.42. The SMILES string of the molecule is CCn1c(=O)c(-c2cccc(C)c2C)cn(CC(=O)O)c1=O. The van der Waals surface area contributed by atoms with Gasteiger partial charge < -0.3 is 5.11 Å². The molecule has 116 valence electrons. The number of carboxylic acids is 1. The predicted molar refractivity (Wildman–Crippen MR) is 83.2 cm³/mol. The second kappa shape index (κ2) is 6.01. The zero-order chi connectivity index (χ0) is 16.4. The summed E-state index contributed by atoms with van der Waals surface area (Å²) >= 11 is 0. The summed E-state index contributed by atoms with van der Waals surface area (Å²) in [6, 6.07) is 5.57. The van der Waals surface area contributed by atoms with Crippen molar-refractivity contribution in [2.45, 2.75) is 33.9 Å². The number of benzene rings is 1. The number of carboxylic acid groups (broad SMARTS) is 1. The van der Waals surface area contributed by atoms with Gasteiger partial charge in [0.15, 0.2) is 0 Å². The molecule has 1 heterocycles. The number of aliphatic carboxylic acids is 1. The molecule has 6 nitrogen and oxygen atoms in total. The van der Waals surface area contributed by atoms with Crippen molar-refractivity contribution in [1.82, 2.24) is 9.13 Å². The fraction of sp³-hybridized carbons (Fsp3) is 0.312. The molecule has 0 spiro atoms. The van der Waals surface area contributed by atoms with Crippen LogP contribution in [0.1, 0.15) is 18.1 Å². The van der Waals surface area contributed by atoms with Crippen molar-refractivity contribution in [3.05, 3.63) is 56.4 Å². The number of aryl methyl sites for hydroxylation is 1. The van der Waals surface area contributed by atoms with E-state index >= 15 is 0 Å². The highest BCUT2D eigenvalue weighted by Crippen LogP contribution is 2.22. The first-order valence-electron chi connectivity index (χ1n) is 6.99.